The summed E-state index contributed by atoms with van der Waals surface area (Å²) in [6.07, 6.45) is 0.176. The fourth-order valence-electron chi connectivity index (χ4n) is 1.19. The van der Waals surface area contributed by atoms with Crippen molar-refractivity contribution in [2.75, 3.05) is 17.1 Å². The van der Waals surface area contributed by atoms with Crippen molar-refractivity contribution in [1.82, 2.24) is 0 Å². The van der Waals surface area contributed by atoms with Crippen LogP contribution in [0.3, 0.4) is 0 Å². The first kappa shape index (κ1) is 12.9. The van der Waals surface area contributed by atoms with Gasteiger partial charge in [-0.1, -0.05) is 0 Å². The maximum Gasteiger partial charge on any atom is 0.232 e. The standard InChI is InChI=1S/C10H14FNO3S/c1-8-7-9(3-4-10(8)11)12-16(14,15)6-2-5-13/h3-4,7,12-13H,2,5-6H2,1H3. The van der Waals surface area contributed by atoms with E-state index >= 15 is 0 Å². The highest BCUT2D eigenvalue weighted by atomic mass is 32.2. The van der Waals surface area contributed by atoms with Gasteiger partial charge >= 0.3 is 0 Å². The first-order valence-electron chi connectivity index (χ1n) is 4.82. The van der Waals surface area contributed by atoms with Gasteiger partial charge in [-0.15, -0.1) is 0 Å². The maximum absolute atomic E-state index is 12.9. The fraction of sp³-hybridized carbons (Fsp3) is 0.400. The molecule has 6 heteroatoms. The molecule has 1 rings (SSSR count). The lowest BCUT2D eigenvalue weighted by Gasteiger charge is -2.08. The lowest BCUT2D eigenvalue weighted by Crippen LogP contribution is -2.17. The molecule has 0 aliphatic carbocycles. The van der Waals surface area contributed by atoms with E-state index in [2.05, 4.69) is 4.72 Å². The molecule has 4 nitrogen and oxygen atoms in total. The molecule has 0 heterocycles. The van der Waals surface area contributed by atoms with Crippen LogP contribution < -0.4 is 4.72 Å². The van der Waals surface area contributed by atoms with Crippen LogP contribution in [0.4, 0.5) is 10.1 Å². The fourth-order valence-corrected chi connectivity index (χ4v) is 2.29. The third-order valence-corrected chi connectivity index (χ3v) is 3.38. The molecule has 1 aromatic carbocycles. The third-order valence-electron chi connectivity index (χ3n) is 2.00. The Balaban J connectivity index is 2.76. The van der Waals surface area contributed by atoms with Gasteiger partial charge in [0.25, 0.3) is 0 Å². The summed E-state index contributed by atoms with van der Waals surface area (Å²) in [6, 6.07) is 3.99. The largest absolute Gasteiger partial charge is 0.396 e. The van der Waals surface area contributed by atoms with E-state index in [1.165, 1.54) is 18.2 Å². The van der Waals surface area contributed by atoms with Crippen molar-refractivity contribution in [2.24, 2.45) is 0 Å². The van der Waals surface area contributed by atoms with Crippen molar-refractivity contribution >= 4 is 15.7 Å². The Kier molecular flexibility index (Phi) is 4.26. The van der Waals surface area contributed by atoms with Crippen molar-refractivity contribution in [3.63, 3.8) is 0 Å². The number of rotatable bonds is 5. The van der Waals surface area contributed by atoms with Gasteiger partial charge in [-0.3, -0.25) is 4.72 Å². The van der Waals surface area contributed by atoms with Gasteiger partial charge in [0.15, 0.2) is 0 Å². The van der Waals surface area contributed by atoms with Crippen LogP contribution in [0, 0.1) is 12.7 Å². The highest BCUT2D eigenvalue weighted by molar-refractivity contribution is 7.92. The molecule has 0 fully saturated rings. The summed E-state index contributed by atoms with van der Waals surface area (Å²) in [7, 11) is -3.46. The van der Waals surface area contributed by atoms with Gasteiger partial charge in [-0.25, -0.2) is 12.8 Å². The molecule has 0 aliphatic rings. The van der Waals surface area contributed by atoms with Crippen LogP contribution in [0.1, 0.15) is 12.0 Å². The minimum Gasteiger partial charge on any atom is -0.396 e. The summed E-state index contributed by atoms with van der Waals surface area (Å²) in [5.41, 5.74) is 0.708. The molecule has 0 amide bonds. The molecule has 16 heavy (non-hydrogen) atoms. The van der Waals surface area contributed by atoms with Crippen LogP contribution in [-0.4, -0.2) is 25.9 Å². The molecule has 90 valence electrons. The zero-order valence-corrected chi connectivity index (χ0v) is 9.72. The first-order chi connectivity index (χ1) is 7.44. The number of nitrogens with one attached hydrogen (secondary N) is 1. The summed E-state index contributed by atoms with van der Waals surface area (Å²) in [5.74, 6) is -0.529. The van der Waals surface area contributed by atoms with Gasteiger partial charge in [0.1, 0.15) is 5.82 Å². The Hall–Kier alpha value is -1.14. The minimum atomic E-state index is -3.46. The minimum absolute atomic E-state index is 0.153. The van der Waals surface area contributed by atoms with Crippen molar-refractivity contribution in [2.45, 2.75) is 13.3 Å². The van der Waals surface area contributed by atoms with E-state index in [1.54, 1.807) is 6.92 Å². The van der Waals surface area contributed by atoms with Crippen molar-refractivity contribution < 1.29 is 17.9 Å². The summed E-state index contributed by atoms with van der Waals surface area (Å²) >= 11 is 0. The number of sulfonamides is 1. The molecule has 0 atom stereocenters. The van der Waals surface area contributed by atoms with E-state index < -0.39 is 10.0 Å². The number of aliphatic hydroxyl groups is 1. The van der Waals surface area contributed by atoms with E-state index in [0.29, 0.717) is 11.3 Å². The predicted molar refractivity (Wildman–Crippen MR) is 60.2 cm³/mol. The van der Waals surface area contributed by atoms with E-state index in [9.17, 15) is 12.8 Å². The molecular weight excluding hydrogens is 233 g/mol. The highest BCUT2D eigenvalue weighted by Crippen LogP contribution is 2.15. The van der Waals surface area contributed by atoms with Crippen LogP contribution in [0.5, 0.6) is 0 Å². The quantitative estimate of drug-likeness (QED) is 0.823. The average molecular weight is 247 g/mol. The van der Waals surface area contributed by atoms with E-state index in [-0.39, 0.29) is 24.6 Å². The first-order valence-corrected chi connectivity index (χ1v) is 6.47. The molecule has 0 aromatic heterocycles. The number of aliphatic hydroxyl groups excluding tert-OH is 1. The van der Waals surface area contributed by atoms with Crippen molar-refractivity contribution in [3.8, 4) is 0 Å². The second-order valence-corrected chi connectivity index (χ2v) is 5.30. The molecule has 2 N–H and O–H groups in total. The highest BCUT2D eigenvalue weighted by Gasteiger charge is 2.10. The van der Waals surface area contributed by atoms with Crippen molar-refractivity contribution in [3.05, 3.63) is 29.6 Å². The molecule has 0 bridgehead atoms. The second kappa shape index (κ2) is 5.27. The van der Waals surface area contributed by atoms with E-state index in [1.807, 2.05) is 0 Å². The topological polar surface area (TPSA) is 66.4 Å². The zero-order chi connectivity index (χ0) is 12.2. The Morgan fingerprint density at radius 1 is 1.44 bits per heavy atom. The smallest absolute Gasteiger partial charge is 0.232 e. The number of anilines is 1. The number of halogens is 1. The molecule has 1 aromatic rings. The molecule has 0 radical (unpaired) electrons. The molecule has 0 saturated carbocycles. The monoisotopic (exact) mass is 247 g/mol. The Morgan fingerprint density at radius 3 is 2.69 bits per heavy atom. The van der Waals surface area contributed by atoms with Crippen LogP contribution >= 0.6 is 0 Å². The predicted octanol–water partition coefficient (Wildman–Crippen LogP) is 1.26. The van der Waals surface area contributed by atoms with Gasteiger partial charge in [0, 0.05) is 12.3 Å². The molecule has 0 unspecified atom stereocenters. The van der Waals surface area contributed by atoms with Crippen molar-refractivity contribution in [1.29, 1.82) is 0 Å². The molecule has 0 saturated heterocycles. The molecule has 0 aliphatic heterocycles. The maximum atomic E-state index is 12.9. The number of aryl methyl sites for hydroxylation is 1. The van der Waals surface area contributed by atoms with Gasteiger partial charge in [-0.2, -0.15) is 0 Å². The Labute approximate surface area is 94.2 Å². The number of hydrogen-bond acceptors (Lipinski definition) is 3. The average Bonchev–Trinajstić information content (AvgIpc) is 2.20. The van der Waals surface area contributed by atoms with Crippen LogP contribution in [-0.2, 0) is 10.0 Å². The van der Waals surface area contributed by atoms with Gasteiger partial charge in [0.05, 0.1) is 5.75 Å². The summed E-state index contributed by atoms with van der Waals surface area (Å²) in [4.78, 5) is 0. The third kappa shape index (κ3) is 3.79. The number of hydrogen-bond donors (Lipinski definition) is 2. The summed E-state index contributed by atoms with van der Waals surface area (Å²) in [5, 5.41) is 8.53. The second-order valence-electron chi connectivity index (χ2n) is 3.46. The molecule has 0 spiro atoms. The van der Waals surface area contributed by atoms with Crippen LogP contribution in [0.15, 0.2) is 18.2 Å². The zero-order valence-electron chi connectivity index (χ0n) is 8.90. The Bertz CT molecular complexity index is 459. The summed E-state index contributed by atoms with van der Waals surface area (Å²) < 4.78 is 38.1. The van der Waals surface area contributed by atoms with Crippen LogP contribution in [0.2, 0.25) is 0 Å². The van der Waals surface area contributed by atoms with Gasteiger partial charge in [-0.05, 0) is 37.1 Å². The normalized spacial score (nSPS) is 11.4. The Morgan fingerprint density at radius 2 is 2.12 bits per heavy atom. The SMILES string of the molecule is Cc1cc(NS(=O)(=O)CCCO)ccc1F. The van der Waals surface area contributed by atoms with E-state index in [0.717, 1.165) is 0 Å². The number of benzene rings is 1. The van der Waals surface area contributed by atoms with Gasteiger partial charge < -0.3 is 5.11 Å². The summed E-state index contributed by atoms with van der Waals surface area (Å²) in [6.45, 7) is 1.38. The van der Waals surface area contributed by atoms with E-state index in [4.69, 9.17) is 5.11 Å². The van der Waals surface area contributed by atoms with Crippen LogP contribution in [0.25, 0.3) is 0 Å². The van der Waals surface area contributed by atoms with Gasteiger partial charge in [0.2, 0.25) is 10.0 Å². The lowest BCUT2D eigenvalue weighted by molar-refractivity contribution is 0.295. The lowest BCUT2D eigenvalue weighted by atomic mass is 10.2. The molecular formula is C10H14FNO3S.